The van der Waals surface area contributed by atoms with Gasteiger partial charge in [0.1, 0.15) is 12.5 Å². The minimum absolute atomic E-state index is 0.0967. The van der Waals surface area contributed by atoms with Crippen LogP contribution in [0, 0.1) is 31.6 Å². The van der Waals surface area contributed by atoms with Crippen molar-refractivity contribution in [2.45, 2.75) is 67.2 Å². The Bertz CT molecular complexity index is 2100. The SMILES string of the molecule is C/C=C\COC(=O)CC[C@@H]1/C2=C3/c4[nH]c(c(C)c4C(=O)[C@@H]3C(=O)OC)/C=c3\[nH]/c(c(C=O)c3CC)=C\c3[nH]c(c(C)c3CC)/C=C(\N2)[C@H]1C. The maximum absolute atomic E-state index is 14.2. The lowest BCUT2D eigenvalue weighted by Crippen LogP contribution is -2.25. The molecule has 8 bridgehead atoms. The second kappa shape index (κ2) is 13.4. The number of hydrogen-bond donors (Lipinski definition) is 4. The lowest BCUT2D eigenvalue weighted by atomic mass is 9.85. The van der Waals surface area contributed by atoms with Crippen LogP contribution in [0.2, 0.25) is 0 Å². The number of aldehydes is 1. The van der Waals surface area contributed by atoms with Gasteiger partial charge in [-0.25, -0.2) is 0 Å². The van der Waals surface area contributed by atoms with E-state index >= 15 is 0 Å². The highest BCUT2D eigenvalue weighted by molar-refractivity contribution is 6.24. The molecule has 0 spiro atoms. The first kappa shape index (κ1) is 33.8. The van der Waals surface area contributed by atoms with Gasteiger partial charge in [-0.3, -0.25) is 19.2 Å². The van der Waals surface area contributed by atoms with Gasteiger partial charge in [0.25, 0.3) is 0 Å². The molecule has 3 aliphatic rings. The molecule has 1 aliphatic carbocycles. The molecule has 3 aromatic rings. The summed E-state index contributed by atoms with van der Waals surface area (Å²) in [4.78, 5) is 63.5. The number of esters is 2. The summed E-state index contributed by atoms with van der Waals surface area (Å²) in [5.74, 6) is -2.78. The number of carbonyl (C=O) groups is 4. The molecule has 10 heteroatoms. The summed E-state index contributed by atoms with van der Waals surface area (Å²) in [5, 5.41) is 5.11. The smallest absolute Gasteiger partial charge is 0.321 e. The fourth-order valence-electron chi connectivity index (χ4n) is 7.75. The van der Waals surface area contributed by atoms with Gasteiger partial charge in [0, 0.05) is 68.8 Å². The van der Waals surface area contributed by atoms with E-state index in [9.17, 15) is 19.2 Å². The normalized spacial score (nSPS) is 23.4. The van der Waals surface area contributed by atoms with E-state index in [1.807, 2.05) is 39.0 Å². The van der Waals surface area contributed by atoms with E-state index in [0.717, 1.165) is 51.8 Å². The topological polar surface area (TPSA) is 146 Å². The van der Waals surface area contributed by atoms with Crippen LogP contribution in [0.3, 0.4) is 0 Å². The maximum atomic E-state index is 14.2. The molecule has 3 atom stereocenters. The average molecular weight is 665 g/mol. The number of methoxy groups -OCH3 is 1. The summed E-state index contributed by atoms with van der Waals surface area (Å²) in [6, 6.07) is 0. The molecule has 3 aromatic heterocycles. The first-order valence-corrected chi connectivity index (χ1v) is 17.0. The lowest BCUT2D eigenvalue weighted by Gasteiger charge is -2.19. The zero-order chi connectivity index (χ0) is 35.1. The predicted octanol–water partition coefficient (Wildman–Crippen LogP) is 4.69. The minimum Gasteiger partial charge on any atom is -0.468 e. The van der Waals surface area contributed by atoms with Gasteiger partial charge >= 0.3 is 11.9 Å². The van der Waals surface area contributed by atoms with Gasteiger partial charge in [0.15, 0.2) is 12.1 Å². The predicted molar refractivity (Wildman–Crippen MR) is 188 cm³/mol. The summed E-state index contributed by atoms with van der Waals surface area (Å²) in [6.45, 7) is 12.2. The molecule has 0 radical (unpaired) electrons. The van der Waals surface area contributed by atoms with Crippen molar-refractivity contribution in [2.75, 3.05) is 13.7 Å². The van der Waals surface area contributed by atoms with Crippen molar-refractivity contribution in [3.63, 3.8) is 0 Å². The molecular weight excluding hydrogens is 620 g/mol. The average Bonchev–Trinajstić information content (AvgIpc) is 3.84. The first-order valence-electron chi connectivity index (χ1n) is 17.0. The van der Waals surface area contributed by atoms with Gasteiger partial charge in [0.2, 0.25) is 0 Å². The van der Waals surface area contributed by atoms with Crippen LogP contribution in [0.5, 0.6) is 0 Å². The Morgan fingerprint density at radius 3 is 2.33 bits per heavy atom. The van der Waals surface area contributed by atoms with Crippen LogP contribution in [-0.2, 0) is 31.9 Å². The summed E-state index contributed by atoms with van der Waals surface area (Å²) >= 11 is 0. The van der Waals surface area contributed by atoms with E-state index < -0.39 is 11.9 Å². The first-order chi connectivity index (χ1) is 23.6. The number of ether oxygens (including phenoxy) is 2. The highest BCUT2D eigenvalue weighted by atomic mass is 16.5. The Morgan fingerprint density at radius 1 is 0.939 bits per heavy atom. The number of hydrogen-bond acceptors (Lipinski definition) is 7. The molecule has 10 nitrogen and oxygen atoms in total. The van der Waals surface area contributed by atoms with E-state index in [2.05, 4.69) is 47.1 Å². The summed E-state index contributed by atoms with van der Waals surface area (Å²) in [5.41, 5.74) is 10.1. The second-order valence-corrected chi connectivity index (χ2v) is 13.0. The van der Waals surface area contributed by atoms with Crippen LogP contribution in [-0.4, -0.2) is 52.7 Å². The van der Waals surface area contributed by atoms with E-state index in [1.54, 1.807) is 6.08 Å². The molecule has 0 unspecified atom stereocenters. The summed E-state index contributed by atoms with van der Waals surface area (Å²) in [6.07, 6.45) is 12.5. The van der Waals surface area contributed by atoms with E-state index in [4.69, 9.17) is 9.47 Å². The van der Waals surface area contributed by atoms with Gasteiger partial charge in [-0.2, -0.15) is 0 Å². The molecule has 4 N–H and O–H groups in total. The monoisotopic (exact) mass is 664 g/mol. The third kappa shape index (κ3) is 5.62. The minimum atomic E-state index is -1.17. The summed E-state index contributed by atoms with van der Waals surface area (Å²) < 4.78 is 10.6. The van der Waals surface area contributed by atoms with Crippen molar-refractivity contribution in [1.82, 2.24) is 20.3 Å². The van der Waals surface area contributed by atoms with E-state index in [1.165, 1.54) is 7.11 Å². The van der Waals surface area contributed by atoms with Crippen molar-refractivity contribution in [2.24, 2.45) is 17.8 Å². The number of Topliss-reactive ketones (excluding diaryl/α,β-unsaturated/α-hetero) is 1. The number of fused-ring (bicyclic) bond motifs is 7. The number of aromatic nitrogens is 3. The van der Waals surface area contributed by atoms with Crippen LogP contribution in [0.1, 0.15) is 106 Å². The number of ketones is 1. The molecule has 49 heavy (non-hydrogen) atoms. The molecule has 2 aliphatic heterocycles. The maximum Gasteiger partial charge on any atom is 0.321 e. The Kier molecular flexibility index (Phi) is 9.24. The fraction of sp³-hybridized carbons (Fsp3) is 0.385. The molecule has 5 heterocycles. The zero-order valence-corrected chi connectivity index (χ0v) is 29.2. The largest absolute Gasteiger partial charge is 0.468 e. The van der Waals surface area contributed by atoms with Gasteiger partial charge in [-0.05, 0) is 80.5 Å². The molecule has 1 saturated heterocycles. The van der Waals surface area contributed by atoms with Crippen LogP contribution in [0.4, 0.5) is 0 Å². The molecule has 256 valence electrons. The van der Waals surface area contributed by atoms with Crippen LogP contribution >= 0.6 is 0 Å². The Morgan fingerprint density at radius 2 is 1.65 bits per heavy atom. The Balaban J connectivity index is 1.65. The van der Waals surface area contributed by atoms with Crippen molar-refractivity contribution in [3.05, 3.63) is 90.4 Å². The van der Waals surface area contributed by atoms with Crippen molar-refractivity contribution in [1.29, 1.82) is 0 Å². The highest BCUT2D eigenvalue weighted by Gasteiger charge is 2.48. The zero-order valence-electron chi connectivity index (χ0n) is 29.2. The van der Waals surface area contributed by atoms with Gasteiger partial charge < -0.3 is 29.7 Å². The van der Waals surface area contributed by atoms with Crippen molar-refractivity contribution >= 4 is 47.8 Å². The number of nitrogens with one attached hydrogen (secondary N) is 4. The molecule has 1 fully saturated rings. The number of aromatic amines is 3. The lowest BCUT2D eigenvalue weighted by molar-refractivity contribution is -0.143. The number of carbonyl (C=O) groups excluding carboxylic acids is 4. The van der Waals surface area contributed by atoms with Gasteiger partial charge in [-0.15, -0.1) is 0 Å². The van der Waals surface area contributed by atoms with Gasteiger partial charge in [-0.1, -0.05) is 32.9 Å². The quantitative estimate of drug-likeness (QED) is 0.112. The molecule has 6 rings (SSSR count). The Hall–Kier alpha value is -5.12. The van der Waals surface area contributed by atoms with E-state index in [0.29, 0.717) is 57.5 Å². The van der Waals surface area contributed by atoms with Gasteiger partial charge in [0.05, 0.1) is 18.2 Å². The standard InChI is InChI=1S/C39H44N4O6/c1-8-11-14-49-32(45)13-12-24-20(5)27-15-26-19(4)22(9-2)29(40-26)17-31-25(18-44)23(10-3)30(41-31)16-28-21(6)33-37(43-28)34(36(24)42-27)35(38(33)46)39(47)48-7/h8,11,15-18,20,24,35,40-43H,9-10,12-14H2,1-7H3/b11-8-,27-15-,30-16-,31-17-,36-34-/t20-,24-,35+/m0/s1. The highest BCUT2D eigenvalue weighted by Crippen LogP contribution is 2.48. The number of allylic oxidation sites excluding steroid dienone is 3. The van der Waals surface area contributed by atoms with Crippen molar-refractivity contribution < 1.29 is 28.7 Å². The second-order valence-electron chi connectivity index (χ2n) is 13.0. The van der Waals surface area contributed by atoms with E-state index in [-0.39, 0.29) is 36.6 Å². The molecule has 0 amide bonds. The van der Waals surface area contributed by atoms with Crippen LogP contribution in [0.15, 0.2) is 23.5 Å². The molecule has 0 saturated carbocycles. The van der Waals surface area contributed by atoms with Crippen LogP contribution < -0.4 is 16.0 Å². The Labute approximate surface area is 285 Å². The third-order valence-electron chi connectivity index (χ3n) is 10.4. The molecule has 0 aromatic carbocycles. The number of rotatable bonds is 9. The fourth-order valence-corrected chi connectivity index (χ4v) is 7.75. The molecular formula is C39H44N4O6. The van der Waals surface area contributed by atoms with Crippen molar-refractivity contribution in [3.8, 4) is 0 Å². The third-order valence-corrected chi connectivity index (χ3v) is 10.4. The number of H-pyrrole nitrogens is 3. The summed E-state index contributed by atoms with van der Waals surface area (Å²) in [7, 11) is 1.29. The van der Waals surface area contributed by atoms with Crippen LogP contribution in [0.25, 0.3) is 23.8 Å².